The van der Waals surface area contributed by atoms with E-state index in [0.29, 0.717) is 18.3 Å². The number of carbonyl (C=O) groups is 2. The van der Waals surface area contributed by atoms with E-state index >= 15 is 0 Å². The van der Waals surface area contributed by atoms with Crippen molar-refractivity contribution in [3.8, 4) is 0 Å². The van der Waals surface area contributed by atoms with Crippen LogP contribution in [-0.2, 0) is 10.3 Å². The van der Waals surface area contributed by atoms with Crippen LogP contribution in [0.25, 0.3) is 0 Å². The summed E-state index contributed by atoms with van der Waals surface area (Å²) >= 11 is 0. The Morgan fingerprint density at radius 2 is 1.81 bits per heavy atom. The highest BCUT2D eigenvalue weighted by molar-refractivity contribution is 5.94. The van der Waals surface area contributed by atoms with Gasteiger partial charge in [-0.25, -0.2) is 9.78 Å². The van der Waals surface area contributed by atoms with Crippen molar-refractivity contribution in [2.45, 2.75) is 62.9 Å². The number of amides is 3. The highest BCUT2D eigenvalue weighted by Crippen LogP contribution is 2.49. The van der Waals surface area contributed by atoms with Crippen LogP contribution < -0.4 is 5.32 Å². The second-order valence-electron chi connectivity index (χ2n) is 11.3. The zero-order chi connectivity index (χ0) is 25.3. The first-order valence-electron chi connectivity index (χ1n) is 13.3. The van der Waals surface area contributed by atoms with Crippen molar-refractivity contribution in [1.82, 2.24) is 19.7 Å². The van der Waals surface area contributed by atoms with Gasteiger partial charge in [0.2, 0.25) is 5.91 Å². The Labute approximate surface area is 214 Å². The third kappa shape index (κ3) is 4.49. The fourth-order valence-corrected chi connectivity index (χ4v) is 6.47. The molecule has 7 heteroatoms. The molecule has 3 fully saturated rings. The molecule has 5 rings (SSSR count). The lowest BCUT2D eigenvalue weighted by atomic mass is 9.68. The van der Waals surface area contributed by atoms with E-state index in [9.17, 15) is 9.59 Å². The van der Waals surface area contributed by atoms with E-state index < -0.39 is 0 Å². The zero-order valence-corrected chi connectivity index (χ0v) is 21.9. The predicted octanol–water partition coefficient (Wildman–Crippen LogP) is 4.64. The summed E-state index contributed by atoms with van der Waals surface area (Å²) in [6.07, 6.45) is 9.19. The van der Waals surface area contributed by atoms with Crippen LogP contribution in [0.2, 0.25) is 0 Å². The van der Waals surface area contributed by atoms with Crippen molar-refractivity contribution in [1.29, 1.82) is 0 Å². The number of hydrogen-bond acceptors (Lipinski definition) is 4. The number of nitrogens with one attached hydrogen (secondary N) is 1. The molecule has 2 aromatic rings. The molecule has 1 aromatic heterocycles. The summed E-state index contributed by atoms with van der Waals surface area (Å²) in [5.74, 6) is 0.963. The van der Waals surface area contributed by atoms with Gasteiger partial charge in [-0.2, -0.15) is 0 Å². The van der Waals surface area contributed by atoms with E-state index in [0.717, 1.165) is 37.8 Å². The number of anilines is 1. The first kappa shape index (κ1) is 24.8. The molecule has 1 aromatic carbocycles. The van der Waals surface area contributed by atoms with Crippen LogP contribution in [0.15, 0.2) is 48.7 Å². The van der Waals surface area contributed by atoms with Crippen molar-refractivity contribution >= 4 is 17.8 Å². The lowest BCUT2D eigenvalue weighted by molar-refractivity contribution is -0.116. The Kier molecular flexibility index (Phi) is 6.77. The summed E-state index contributed by atoms with van der Waals surface area (Å²) in [6, 6.07) is 14.6. The molecular formula is C29H39N5O2. The largest absolute Gasteiger partial charge is 0.321 e. The number of aromatic nitrogens is 1. The van der Waals surface area contributed by atoms with E-state index in [1.54, 1.807) is 11.1 Å². The Balaban J connectivity index is 1.35. The summed E-state index contributed by atoms with van der Waals surface area (Å²) in [4.78, 5) is 37.2. The number of rotatable bonds is 7. The number of benzene rings is 1. The number of carbonyl (C=O) groups excluding carboxylic acids is 2. The van der Waals surface area contributed by atoms with Gasteiger partial charge in [0.15, 0.2) is 0 Å². The summed E-state index contributed by atoms with van der Waals surface area (Å²) in [7, 11) is 4.35. The van der Waals surface area contributed by atoms with Crippen LogP contribution in [0, 0.1) is 12.8 Å². The van der Waals surface area contributed by atoms with Crippen LogP contribution in [0.3, 0.4) is 0 Å². The molecule has 36 heavy (non-hydrogen) atoms. The Hall–Kier alpha value is -2.93. The van der Waals surface area contributed by atoms with Crippen LogP contribution in [0.1, 0.15) is 56.1 Å². The first-order valence-corrected chi connectivity index (χ1v) is 13.3. The van der Waals surface area contributed by atoms with Crippen molar-refractivity contribution in [2.75, 3.05) is 39.0 Å². The average molecular weight is 490 g/mol. The molecule has 192 valence electrons. The van der Waals surface area contributed by atoms with Gasteiger partial charge >= 0.3 is 6.03 Å². The lowest BCUT2D eigenvalue weighted by Gasteiger charge is -2.51. The molecule has 1 saturated heterocycles. The highest BCUT2D eigenvalue weighted by Gasteiger charge is 2.55. The maximum atomic E-state index is 13.7. The second kappa shape index (κ2) is 9.85. The van der Waals surface area contributed by atoms with E-state index in [1.807, 2.05) is 19.1 Å². The van der Waals surface area contributed by atoms with Crippen molar-refractivity contribution in [2.24, 2.45) is 5.92 Å². The minimum absolute atomic E-state index is 0.0202. The zero-order valence-electron chi connectivity index (χ0n) is 21.9. The van der Waals surface area contributed by atoms with E-state index in [4.69, 9.17) is 0 Å². The van der Waals surface area contributed by atoms with Crippen molar-refractivity contribution < 1.29 is 9.59 Å². The van der Waals surface area contributed by atoms with E-state index in [-0.39, 0.29) is 29.6 Å². The highest BCUT2D eigenvalue weighted by atomic mass is 16.2. The molecule has 3 aliphatic rings. The predicted molar refractivity (Wildman–Crippen MR) is 142 cm³/mol. The van der Waals surface area contributed by atoms with Gasteiger partial charge in [-0.3, -0.25) is 9.69 Å². The van der Waals surface area contributed by atoms with Gasteiger partial charge in [-0.1, -0.05) is 42.8 Å². The smallest absolute Gasteiger partial charge is 0.317 e. The Bertz CT molecular complexity index is 1090. The first-order chi connectivity index (χ1) is 17.3. The molecule has 2 saturated carbocycles. The number of aryl methyl sites for hydroxylation is 1. The van der Waals surface area contributed by atoms with Gasteiger partial charge in [0.25, 0.3) is 0 Å². The summed E-state index contributed by atoms with van der Waals surface area (Å²) < 4.78 is 0. The third-order valence-corrected chi connectivity index (χ3v) is 9.00. The summed E-state index contributed by atoms with van der Waals surface area (Å²) in [6.45, 7) is 3.42. The molecule has 0 atom stereocenters. The molecule has 1 spiro atoms. The van der Waals surface area contributed by atoms with Gasteiger partial charge in [0, 0.05) is 24.8 Å². The van der Waals surface area contributed by atoms with Gasteiger partial charge < -0.3 is 15.1 Å². The topological polar surface area (TPSA) is 68.8 Å². The minimum Gasteiger partial charge on any atom is -0.317 e. The second-order valence-corrected chi connectivity index (χ2v) is 11.3. The molecule has 7 nitrogen and oxygen atoms in total. The fourth-order valence-electron chi connectivity index (χ4n) is 6.47. The molecule has 3 amide bonds. The maximum Gasteiger partial charge on any atom is 0.321 e. The summed E-state index contributed by atoms with van der Waals surface area (Å²) in [5.41, 5.74) is 2.03. The number of urea groups is 1. The number of nitrogens with zero attached hydrogens (tertiary/aromatic N) is 4. The molecule has 0 radical (unpaired) electrons. The quantitative estimate of drug-likeness (QED) is 0.615. The number of hydrogen-bond donors (Lipinski definition) is 1. The van der Waals surface area contributed by atoms with Gasteiger partial charge in [-0.05, 0) is 82.7 Å². The fraction of sp³-hybridized carbons (Fsp3) is 0.552. The van der Waals surface area contributed by atoms with Crippen LogP contribution in [-0.4, -0.2) is 70.9 Å². The molecule has 1 aliphatic heterocycles. The normalized spacial score (nSPS) is 26.5. The monoisotopic (exact) mass is 489 g/mol. The SMILES string of the molecule is Cc1cccnc1NC(=O)CN1C[C@]2(CC[C@](c3ccccc3)(N(C)C)CC2)N(CC2CCC2)C1=O. The molecule has 2 heterocycles. The van der Waals surface area contributed by atoms with E-state index in [1.165, 1.54) is 24.8 Å². The van der Waals surface area contributed by atoms with Crippen LogP contribution in [0.4, 0.5) is 10.6 Å². The lowest BCUT2D eigenvalue weighted by Crippen LogP contribution is -2.56. The number of pyridine rings is 1. The minimum atomic E-state index is -0.206. The Morgan fingerprint density at radius 1 is 1.08 bits per heavy atom. The maximum absolute atomic E-state index is 13.7. The molecule has 1 N–H and O–H groups in total. The molecule has 0 unspecified atom stereocenters. The van der Waals surface area contributed by atoms with E-state index in [2.05, 4.69) is 64.5 Å². The van der Waals surface area contributed by atoms with Gasteiger partial charge in [0.05, 0.1) is 5.54 Å². The van der Waals surface area contributed by atoms with Gasteiger partial charge in [-0.15, -0.1) is 0 Å². The van der Waals surface area contributed by atoms with Gasteiger partial charge in [0.1, 0.15) is 12.4 Å². The Morgan fingerprint density at radius 3 is 2.42 bits per heavy atom. The van der Waals surface area contributed by atoms with Crippen LogP contribution >= 0.6 is 0 Å². The third-order valence-electron chi connectivity index (χ3n) is 9.00. The molecular weight excluding hydrogens is 450 g/mol. The summed E-state index contributed by atoms with van der Waals surface area (Å²) in [5, 5.41) is 2.91. The molecule has 2 aliphatic carbocycles. The van der Waals surface area contributed by atoms with Crippen LogP contribution in [0.5, 0.6) is 0 Å². The standard InChI is InChI=1S/C29H39N5O2/c1-22-9-8-18-30-26(22)31-25(35)20-33-21-28(34(27(33)36)19-23-10-7-11-23)14-16-29(17-15-28,32(2)3)24-12-5-4-6-13-24/h4-6,8-9,12-13,18,23H,7,10-11,14-17,19-21H2,1-3H3,(H,30,31,35)/t28-,29+. The molecule has 0 bridgehead atoms. The van der Waals surface area contributed by atoms with Crippen molar-refractivity contribution in [3.05, 3.63) is 59.8 Å². The van der Waals surface area contributed by atoms with Crippen molar-refractivity contribution in [3.63, 3.8) is 0 Å². The average Bonchev–Trinajstić information content (AvgIpc) is 3.08.